The predicted octanol–water partition coefficient (Wildman–Crippen LogP) is 1.58. The SMILES string of the molecule is CCCNc1nccc(Sc2nncn2C)n1. The van der Waals surface area contributed by atoms with E-state index < -0.39 is 0 Å². The third kappa shape index (κ3) is 3.16. The lowest BCUT2D eigenvalue weighted by molar-refractivity contribution is 0.786. The molecule has 2 aromatic heterocycles. The number of nitrogens with one attached hydrogen (secondary N) is 1. The molecule has 2 aromatic rings. The van der Waals surface area contributed by atoms with Gasteiger partial charge in [-0.25, -0.2) is 9.97 Å². The van der Waals surface area contributed by atoms with Gasteiger partial charge in [-0.3, -0.25) is 0 Å². The van der Waals surface area contributed by atoms with Crippen molar-refractivity contribution >= 4 is 17.7 Å². The fraction of sp³-hybridized carbons (Fsp3) is 0.400. The molecule has 0 aliphatic heterocycles. The molecule has 1 N–H and O–H groups in total. The summed E-state index contributed by atoms with van der Waals surface area (Å²) >= 11 is 1.47. The van der Waals surface area contributed by atoms with E-state index in [1.165, 1.54) is 11.8 Å². The van der Waals surface area contributed by atoms with Crippen LogP contribution in [0.25, 0.3) is 0 Å². The molecule has 0 saturated carbocycles. The van der Waals surface area contributed by atoms with Crippen LogP contribution in [0.1, 0.15) is 13.3 Å². The zero-order valence-corrected chi connectivity index (χ0v) is 10.6. The lowest BCUT2D eigenvalue weighted by Gasteiger charge is -2.04. The van der Waals surface area contributed by atoms with E-state index in [2.05, 4.69) is 32.4 Å². The van der Waals surface area contributed by atoms with E-state index >= 15 is 0 Å². The van der Waals surface area contributed by atoms with Gasteiger partial charge in [0.1, 0.15) is 11.4 Å². The minimum absolute atomic E-state index is 0.652. The highest BCUT2D eigenvalue weighted by molar-refractivity contribution is 7.99. The number of hydrogen-bond acceptors (Lipinski definition) is 6. The van der Waals surface area contributed by atoms with Gasteiger partial charge in [0, 0.05) is 19.8 Å². The summed E-state index contributed by atoms with van der Waals surface area (Å²) in [4.78, 5) is 8.54. The molecule has 0 spiro atoms. The Morgan fingerprint density at radius 2 is 2.35 bits per heavy atom. The van der Waals surface area contributed by atoms with Crippen LogP contribution in [0.3, 0.4) is 0 Å². The van der Waals surface area contributed by atoms with Gasteiger partial charge in [-0.2, -0.15) is 0 Å². The molecule has 0 amide bonds. The summed E-state index contributed by atoms with van der Waals surface area (Å²) in [6.07, 6.45) is 4.45. The van der Waals surface area contributed by atoms with Crippen LogP contribution in [0.15, 0.2) is 28.8 Å². The first-order valence-electron chi connectivity index (χ1n) is 5.38. The molecular formula is C10H14N6S. The first-order valence-corrected chi connectivity index (χ1v) is 6.20. The van der Waals surface area contributed by atoms with E-state index in [-0.39, 0.29) is 0 Å². The summed E-state index contributed by atoms with van der Waals surface area (Å²) in [5.74, 6) is 0.652. The lowest BCUT2D eigenvalue weighted by Crippen LogP contribution is -2.04. The van der Waals surface area contributed by atoms with Gasteiger partial charge in [0.15, 0.2) is 5.16 Å². The van der Waals surface area contributed by atoms with E-state index in [9.17, 15) is 0 Å². The highest BCUT2D eigenvalue weighted by Gasteiger charge is 2.05. The molecule has 7 heteroatoms. The zero-order valence-electron chi connectivity index (χ0n) is 9.79. The average Bonchev–Trinajstić information content (AvgIpc) is 2.73. The Balaban J connectivity index is 2.08. The van der Waals surface area contributed by atoms with Crippen LogP contribution in [0, 0.1) is 0 Å². The first-order chi connectivity index (χ1) is 8.29. The van der Waals surface area contributed by atoms with Crippen molar-refractivity contribution in [3.05, 3.63) is 18.6 Å². The van der Waals surface area contributed by atoms with Crippen molar-refractivity contribution in [2.75, 3.05) is 11.9 Å². The smallest absolute Gasteiger partial charge is 0.223 e. The fourth-order valence-corrected chi connectivity index (χ4v) is 1.91. The van der Waals surface area contributed by atoms with E-state index in [0.717, 1.165) is 23.1 Å². The summed E-state index contributed by atoms with van der Waals surface area (Å²) < 4.78 is 1.85. The average molecular weight is 250 g/mol. The molecule has 0 radical (unpaired) electrons. The lowest BCUT2D eigenvalue weighted by atomic mass is 10.5. The summed E-state index contributed by atoms with van der Waals surface area (Å²) in [5, 5.41) is 12.6. The van der Waals surface area contributed by atoms with Crippen molar-refractivity contribution < 1.29 is 0 Å². The quantitative estimate of drug-likeness (QED) is 0.812. The molecule has 0 aliphatic rings. The minimum atomic E-state index is 0.652. The van der Waals surface area contributed by atoms with Gasteiger partial charge in [0.25, 0.3) is 0 Å². The summed E-state index contributed by atoms with van der Waals surface area (Å²) in [5.41, 5.74) is 0. The van der Waals surface area contributed by atoms with E-state index in [4.69, 9.17) is 0 Å². The van der Waals surface area contributed by atoms with Crippen LogP contribution >= 0.6 is 11.8 Å². The summed E-state index contributed by atoms with van der Waals surface area (Å²) in [6.45, 7) is 2.98. The number of aromatic nitrogens is 5. The molecule has 17 heavy (non-hydrogen) atoms. The highest BCUT2D eigenvalue weighted by atomic mass is 32.2. The maximum Gasteiger partial charge on any atom is 0.223 e. The second-order valence-corrected chi connectivity index (χ2v) is 4.46. The first kappa shape index (κ1) is 11.8. The molecule has 0 aliphatic carbocycles. The minimum Gasteiger partial charge on any atom is -0.354 e. The monoisotopic (exact) mass is 250 g/mol. The van der Waals surface area contributed by atoms with Crippen molar-refractivity contribution in [2.45, 2.75) is 23.5 Å². The van der Waals surface area contributed by atoms with Gasteiger partial charge in [0.2, 0.25) is 5.95 Å². The molecule has 90 valence electrons. The van der Waals surface area contributed by atoms with Crippen LogP contribution in [-0.4, -0.2) is 31.3 Å². The Morgan fingerprint density at radius 3 is 3.06 bits per heavy atom. The van der Waals surface area contributed by atoms with Crippen molar-refractivity contribution in [3.63, 3.8) is 0 Å². The number of anilines is 1. The zero-order chi connectivity index (χ0) is 12.1. The van der Waals surface area contributed by atoms with Gasteiger partial charge in [-0.05, 0) is 24.2 Å². The maximum absolute atomic E-state index is 4.39. The van der Waals surface area contributed by atoms with Crippen LogP contribution in [0.4, 0.5) is 5.95 Å². The van der Waals surface area contributed by atoms with Crippen molar-refractivity contribution in [1.29, 1.82) is 0 Å². The van der Waals surface area contributed by atoms with E-state index in [1.54, 1.807) is 12.5 Å². The molecule has 0 bridgehead atoms. The van der Waals surface area contributed by atoms with E-state index in [1.807, 2.05) is 17.7 Å². The Bertz CT molecular complexity index is 483. The molecule has 2 heterocycles. The van der Waals surface area contributed by atoms with Crippen LogP contribution in [0.5, 0.6) is 0 Å². The van der Waals surface area contributed by atoms with Gasteiger partial charge in [-0.15, -0.1) is 10.2 Å². The van der Waals surface area contributed by atoms with Crippen molar-refractivity contribution in [3.8, 4) is 0 Å². The third-order valence-corrected chi connectivity index (χ3v) is 3.02. The fourth-order valence-electron chi connectivity index (χ4n) is 1.18. The second-order valence-electron chi connectivity index (χ2n) is 3.47. The highest BCUT2D eigenvalue weighted by Crippen LogP contribution is 2.23. The molecule has 0 aromatic carbocycles. The molecule has 6 nitrogen and oxygen atoms in total. The number of nitrogens with zero attached hydrogens (tertiary/aromatic N) is 5. The van der Waals surface area contributed by atoms with Gasteiger partial charge in [0.05, 0.1) is 0 Å². The Labute approximate surface area is 104 Å². The number of aryl methyl sites for hydroxylation is 1. The van der Waals surface area contributed by atoms with Crippen molar-refractivity contribution in [1.82, 2.24) is 24.7 Å². The Morgan fingerprint density at radius 1 is 1.47 bits per heavy atom. The molecule has 0 atom stereocenters. The van der Waals surface area contributed by atoms with Gasteiger partial charge < -0.3 is 9.88 Å². The number of hydrogen-bond donors (Lipinski definition) is 1. The van der Waals surface area contributed by atoms with E-state index in [0.29, 0.717) is 5.95 Å². The predicted molar refractivity (Wildman–Crippen MR) is 65.9 cm³/mol. The molecule has 0 saturated heterocycles. The molecule has 2 rings (SSSR count). The topological polar surface area (TPSA) is 68.5 Å². The molecular weight excluding hydrogens is 236 g/mol. The Kier molecular flexibility index (Phi) is 3.92. The second kappa shape index (κ2) is 5.62. The van der Waals surface area contributed by atoms with Crippen LogP contribution < -0.4 is 5.32 Å². The summed E-state index contributed by atoms with van der Waals surface area (Å²) in [6, 6.07) is 1.86. The molecule has 0 fully saturated rings. The van der Waals surface area contributed by atoms with Gasteiger partial charge in [-0.1, -0.05) is 6.92 Å². The molecule has 0 unspecified atom stereocenters. The largest absolute Gasteiger partial charge is 0.354 e. The Hall–Kier alpha value is -1.63. The third-order valence-electron chi connectivity index (χ3n) is 2.03. The maximum atomic E-state index is 4.39. The van der Waals surface area contributed by atoms with Gasteiger partial charge >= 0.3 is 0 Å². The van der Waals surface area contributed by atoms with Crippen LogP contribution in [-0.2, 0) is 7.05 Å². The normalized spacial score (nSPS) is 10.5. The standard InChI is InChI=1S/C10H14N6S/c1-3-5-11-9-12-6-4-8(14-9)17-10-15-13-7-16(10)2/h4,6-7H,3,5H2,1-2H3,(H,11,12,14). The summed E-state index contributed by atoms with van der Waals surface area (Å²) in [7, 11) is 1.90. The van der Waals surface area contributed by atoms with Crippen molar-refractivity contribution in [2.24, 2.45) is 7.05 Å². The van der Waals surface area contributed by atoms with Crippen LogP contribution in [0.2, 0.25) is 0 Å². The number of rotatable bonds is 5.